The number of hydrogen-bond donors (Lipinski definition) is 1. The zero-order valence-electron chi connectivity index (χ0n) is 15.6. The van der Waals surface area contributed by atoms with E-state index in [2.05, 4.69) is 5.32 Å². The van der Waals surface area contributed by atoms with Crippen molar-refractivity contribution in [3.63, 3.8) is 0 Å². The highest BCUT2D eigenvalue weighted by molar-refractivity contribution is 5.85. The van der Waals surface area contributed by atoms with Crippen LogP contribution in [0.2, 0.25) is 0 Å². The Morgan fingerprint density at radius 2 is 1.83 bits per heavy atom. The van der Waals surface area contributed by atoms with E-state index in [-0.39, 0.29) is 43.9 Å². The molecule has 2 unspecified atom stereocenters. The summed E-state index contributed by atoms with van der Waals surface area (Å²) in [6.45, 7) is 1.05. The van der Waals surface area contributed by atoms with E-state index in [0.717, 1.165) is 12.1 Å². The molecule has 0 radical (unpaired) electrons. The molecule has 0 aromatic heterocycles. The molecule has 0 saturated carbocycles. The van der Waals surface area contributed by atoms with Gasteiger partial charge in [0.1, 0.15) is 35.5 Å². The van der Waals surface area contributed by atoms with Crippen molar-refractivity contribution in [1.82, 2.24) is 10.2 Å². The highest BCUT2D eigenvalue weighted by Crippen LogP contribution is 2.25. The maximum Gasteiger partial charge on any atom is 0.237 e. The minimum absolute atomic E-state index is 0. The van der Waals surface area contributed by atoms with E-state index < -0.39 is 29.4 Å². The molecular formula is C19H21ClF3N5O. The minimum atomic E-state index is -1.16. The van der Waals surface area contributed by atoms with Crippen LogP contribution in [0.4, 0.5) is 18.9 Å². The van der Waals surface area contributed by atoms with Gasteiger partial charge in [0.05, 0.1) is 19.2 Å². The molecule has 156 valence electrons. The van der Waals surface area contributed by atoms with Gasteiger partial charge in [0, 0.05) is 31.2 Å². The third-order valence-electron chi connectivity index (χ3n) is 5.26. The topological polar surface area (TPSA) is 83.2 Å². The number of piperidine rings is 1. The van der Waals surface area contributed by atoms with E-state index in [4.69, 9.17) is 10.5 Å². The fourth-order valence-electron chi connectivity index (χ4n) is 3.71. The fourth-order valence-corrected chi connectivity index (χ4v) is 3.71. The van der Waals surface area contributed by atoms with Gasteiger partial charge in [0.25, 0.3) is 0 Å². The SMILES string of the molecule is Cl.N#Cc1c(F)cc(N2CCC(NCC(=O)N3CC(F)CC3C#N)CC2)cc1F. The molecule has 2 heterocycles. The number of carbonyl (C=O) groups is 1. The first-order valence-corrected chi connectivity index (χ1v) is 9.13. The number of alkyl halides is 1. The zero-order valence-corrected chi connectivity index (χ0v) is 16.4. The van der Waals surface area contributed by atoms with E-state index in [1.807, 2.05) is 11.0 Å². The molecule has 6 nitrogen and oxygen atoms in total. The zero-order chi connectivity index (χ0) is 20.3. The monoisotopic (exact) mass is 427 g/mol. The Morgan fingerprint density at radius 1 is 1.21 bits per heavy atom. The summed E-state index contributed by atoms with van der Waals surface area (Å²) in [5.74, 6) is -2.07. The standard InChI is InChI=1S/C19H20F3N5O.ClH/c20-12-5-15(8-23)27(11-12)19(28)10-25-13-1-3-26(4-2-13)14-6-17(21)16(9-24)18(22)7-14;/h6-7,12-13,15,25H,1-5,10-11H2;1H. The number of amides is 1. The lowest BCUT2D eigenvalue weighted by atomic mass is 10.0. The van der Waals surface area contributed by atoms with Gasteiger partial charge in [0.2, 0.25) is 5.91 Å². The average Bonchev–Trinajstić information content (AvgIpc) is 3.07. The number of nitrogens with zero attached hydrogens (tertiary/aromatic N) is 4. The van der Waals surface area contributed by atoms with Gasteiger partial charge >= 0.3 is 0 Å². The van der Waals surface area contributed by atoms with E-state index in [1.54, 1.807) is 0 Å². The summed E-state index contributed by atoms with van der Waals surface area (Å²) in [5, 5.41) is 20.9. The Morgan fingerprint density at radius 3 is 2.38 bits per heavy atom. The summed E-state index contributed by atoms with van der Waals surface area (Å²) in [7, 11) is 0. The van der Waals surface area contributed by atoms with Crippen LogP contribution in [-0.2, 0) is 4.79 Å². The molecule has 1 N–H and O–H groups in total. The molecule has 0 bridgehead atoms. The van der Waals surface area contributed by atoms with Gasteiger partial charge in [-0.05, 0) is 25.0 Å². The van der Waals surface area contributed by atoms with Crippen LogP contribution < -0.4 is 10.2 Å². The highest BCUT2D eigenvalue weighted by Gasteiger charge is 2.35. The lowest BCUT2D eigenvalue weighted by Gasteiger charge is -2.34. The average molecular weight is 428 g/mol. The Hall–Kier alpha value is -2.49. The van der Waals surface area contributed by atoms with Gasteiger partial charge in [-0.1, -0.05) is 0 Å². The molecular weight excluding hydrogens is 407 g/mol. The van der Waals surface area contributed by atoms with Crippen molar-refractivity contribution in [2.24, 2.45) is 0 Å². The lowest BCUT2D eigenvalue weighted by molar-refractivity contribution is -0.130. The van der Waals surface area contributed by atoms with Crippen molar-refractivity contribution in [2.75, 3.05) is 31.1 Å². The van der Waals surface area contributed by atoms with Crippen LogP contribution in [0.3, 0.4) is 0 Å². The molecule has 1 aromatic rings. The molecule has 2 saturated heterocycles. The molecule has 1 aromatic carbocycles. The Labute approximate surface area is 173 Å². The predicted octanol–water partition coefficient (Wildman–Crippen LogP) is 2.28. The minimum Gasteiger partial charge on any atom is -0.371 e. The van der Waals surface area contributed by atoms with E-state index in [1.165, 1.54) is 11.0 Å². The summed E-state index contributed by atoms with van der Waals surface area (Å²) in [4.78, 5) is 15.3. The number of halogens is 4. The summed E-state index contributed by atoms with van der Waals surface area (Å²) < 4.78 is 41.0. The molecule has 2 aliphatic rings. The number of carbonyl (C=O) groups excluding carboxylic acids is 1. The van der Waals surface area contributed by atoms with Crippen molar-refractivity contribution in [3.8, 4) is 12.1 Å². The molecule has 1 amide bonds. The van der Waals surface area contributed by atoms with Crippen LogP contribution in [0.1, 0.15) is 24.8 Å². The second-order valence-electron chi connectivity index (χ2n) is 7.06. The third-order valence-corrected chi connectivity index (χ3v) is 5.26. The van der Waals surface area contributed by atoms with Gasteiger partial charge in [-0.3, -0.25) is 4.79 Å². The van der Waals surface area contributed by atoms with Gasteiger partial charge in [-0.2, -0.15) is 10.5 Å². The molecule has 0 aliphatic carbocycles. The number of likely N-dealkylation sites (tertiary alicyclic amines) is 1. The van der Waals surface area contributed by atoms with Crippen LogP contribution in [-0.4, -0.2) is 55.2 Å². The predicted molar refractivity (Wildman–Crippen MR) is 102 cm³/mol. The van der Waals surface area contributed by atoms with E-state index >= 15 is 0 Å². The second kappa shape index (κ2) is 9.82. The van der Waals surface area contributed by atoms with Crippen molar-refractivity contribution in [2.45, 2.75) is 37.5 Å². The van der Waals surface area contributed by atoms with Crippen molar-refractivity contribution < 1.29 is 18.0 Å². The molecule has 29 heavy (non-hydrogen) atoms. The van der Waals surface area contributed by atoms with Crippen LogP contribution in [0.25, 0.3) is 0 Å². The number of hydrogen-bond acceptors (Lipinski definition) is 5. The summed E-state index contributed by atoms with van der Waals surface area (Å²) in [6, 6.07) is 5.09. The normalized spacial score (nSPS) is 22.0. The van der Waals surface area contributed by atoms with Crippen LogP contribution in [0.5, 0.6) is 0 Å². The summed E-state index contributed by atoms with van der Waals surface area (Å²) in [6.07, 6.45) is 0.205. The molecule has 2 aliphatic heterocycles. The van der Waals surface area contributed by atoms with Crippen LogP contribution in [0, 0.1) is 34.3 Å². The smallest absolute Gasteiger partial charge is 0.237 e. The van der Waals surface area contributed by atoms with Gasteiger partial charge in [0.15, 0.2) is 0 Å². The first-order valence-electron chi connectivity index (χ1n) is 9.13. The Balaban J connectivity index is 0.00000300. The van der Waals surface area contributed by atoms with Gasteiger partial charge < -0.3 is 15.1 Å². The van der Waals surface area contributed by atoms with Crippen molar-refractivity contribution in [3.05, 3.63) is 29.3 Å². The quantitative estimate of drug-likeness (QED) is 0.797. The second-order valence-corrected chi connectivity index (χ2v) is 7.06. The van der Waals surface area contributed by atoms with Crippen molar-refractivity contribution >= 4 is 24.0 Å². The Bertz CT molecular complexity index is 809. The summed E-state index contributed by atoms with van der Waals surface area (Å²) in [5.41, 5.74) is -0.210. The van der Waals surface area contributed by atoms with Gasteiger partial charge in [-0.25, -0.2) is 13.2 Å². The maximum absolute atomic E-state index is 13.8. The molecule has 2 atom stereocenters. The number of nitrogens with one attached hydrogen (secondary N) is 1. The maximum atomic E-state index is 13.8. The van der Waals surface area contributed by atoms with Gasteiger partial charge in [-0.15, -0.1) is 12.4 Å². The molecule has 3 rings (SSSR count). The third kappa shape index (κ3) is 5.11. The molecule has 10 heteroatoms. The fraction of sp³-hybridized carbons (Fsp3) is 0.526. The van der Waals surface area contributed by atoms with Crippen molar-refractivity contribution in [1.29, 1.82) is 10.5 Å². The molecule has 0 spiro atoms. The lowest BCUT2D eigenvalue weighted by Crippen LogP contribution is -2.47. The van der Waals surface area contributed by atoms with Crippen LogP contribution in [0.15, 0.2) is 12.1 Å². The Kier molecular flexibility index (Phi) is 7.72. The summed E-state index contributed by atoms with van der Waals surface area (Å²) >= 11 is 0. The van der Waals surface area contributed by atoms with Crippen LogP contribution >= 0.6 is 12.4 Å². The number of benzene rings is 1. The molecule has 2 fully saturated rings. The first kappa shape index (κ1) is 22.8. The number of anilines is 1. The number of rotatable bonds is 4. The number of nitriles is 2. The van der Waals surface area contributed by atoms with E-state index in [0.29, 0.717) is 31.6 Å². The first-order chi connectivity index (χ1) is 13.4. The highest BCUT2D eigenvalue weighted by atomic mass is 35.5. The van der Waals surface area contributed by atoms with E-state index in [9.17, 15) is 18.0 Å². The largest absolute Gasteiger partial charge is 0.371 e.